The molecule has 3 N–H and O–H groups in total. The van der Waals surface area contributed by atoms with Crippen LogP contribution in [-0.4, -0.2) is 16.3 Å². The van der Waals surface area contributed by atoms with Gasteiger partial charge in [0.15, 0.2) is 5.84 Å². The Balaban J connectivity index is 2.25. The number of thioether (sulfide) groups is 1. The van der Waals surface area contributed by atoms with E-state index < -0.39 is 0 Å². The Kier molecular flexibility index (Phi) is 3.89. The second-order valence-electron chi connectivity index (χ2n) is 4.15. The molecule has 1 fully saturated rings. The minimum atomic E-state index is -0.373. The van der Waals surface area contributed by atoms with Crippen LogP contribution in [0.2, 0.25) is 0 Å². The molecule has 0 atom stereocenters. The highest BCUT2D eigenvalue weighted by Gasteiger charge is 2.19. The number of halogens is 1. The maximum atomic E-state index is 13.2. The Morgan fingerprint density at radius 3 is 2.76 bits per heavy atom. The van der Waals surface area contributed by atoms with E-state index in [9.17, 15) is 4.39 Å². The Morgan fingerprint density at radius 2 is 2.12 bits per heavy atom. The lowest BCUT2D eigenvalue weighted by molar-refractivity contribution is 0.318. The average molecular weight is 254 g/mol. The molecule has 0 spiro atoms. The molecular formula is C12H15FN2OS. The van der Waals surface area contributed by atoms with Gasteiger partial charge in [0.2, 0.25) is 0 Å². The van der Waals surface area contributed by atoms with Crippen LogP contribution >= 0.6 is 11.8 Å². The largest absolute Gasteiger partial charge is 0.409 e. The Hall–Kier alpha value is -1.23. The number of oxime groups is 1. The van der Waals surface area contributed by atoms with Gasteiger partial charge in [-0.1, -0.05) is 18.0 Å². The number of rotatable bonds is 3. The van der Waals surface area contributed by atoms with Gasteiger partial charge in [-0.15, -0.1) is 11.8 Å². The average Bonchev–Trinajstić information content (AvgIpc) is 2.83. The van der Waals surface area contributed by atoms with Crippen LogP contribution in [-0.2, 0) is 0 Å². The van der Waals surface area contributed by atoms with E-state index in [-0.39, 0.29) is 11.7 Å². The van der Waals surface area contributed by atoms with Crippen molar-refractivity contribution in [1.29, 1.82) is 0 Å². The summed E-state index contributed by atoms with van der Waals surface area (Å²) >= 11 is 1.69. The third-order valence-electron chi connectivity index (χ3n) is 2.92. The zero-order chi connectivity index (χ0) is 12.3. The van der Waals surface area contributed by atoms with Gasteiger partial charge in [-0.25, -0.2) is 4.39 Å². The number of benzene rings is 1. The van der Waals surface area contributed by atoms with E-state index in [1.165, 1.54) is 37.8 Å². The Labute approximate surface area is 104 Å². The quantitative estimate of drug-likeness (QED) is 0.377. The molecule has 0 aromatic heterocycles. The van der Waals surface area contributed by atoms with Crippen LogP contribution in [0.3, 0.4) is 0 Å². The van der Waals surface area contributed by atoms with Crippen molar-refractivity contribution in [3.8, 4) is 0 Å². The summed E-state index contributed by atoms with van der Waals surface area (Å²) < 4.78 is 13.2. The molecule has 0 bridgehead atoms. The molecule has 1 aromatic carbocycles. The topological polar surface area (TPSA) is 58.6 Å². The number of hydrogen-bond donors (Lipinski definition) is 2. The summed E-state index contributed by atoms with van der Waals surface area (Å²) in [7, 11) is 0. The van der Waals surface area contributed by atoms with Crippen molar-refractivity contribution in [3.05, 3.63) is 29.6 Å². The number of nitrogens with zero attached hydrogens (tertiary/aromatic N) is 1. The van der Waals surface area contributed by atoms with Gasteiger partial charge in [-0.2, -0.15) is 0 Å². The maximum absolute atomic E-state index is 13.2. The van der Waals surface area contributed by atoms with Gasteiger partial charge in [-0.05, 0) is 31.0 Å². The molecule has 0 radical (unpaired) electrons. The van der Waals surface area contributed by atoms with Crippen molar-refractivity contribution < 1.29 is 9.60 Å². The van der Waals surface area contributed by atoms with Crippen molar-refractivity contribution in [2.45, 2.75) is 35.8 Å². The van der Waals surface area contributed by atoms with Gasteiger partial charge < -0.3 is 10.9 Å². The van der Waals surface area contributed by atoms with E-state index in [1.807, 2.05) is 0 Å². The fourth-order valence-electron chi connectivity index (χ4n) is 2.04. The lowest BCUT2D eigenvalue weighted by atomic mass is 10.2. The van der Waals surface area contributed by atoms with Gasteiger partial charge >= 0.3 is 0 Å². The smallest absolute Gasteiger partial charge is 0.171 e. The normalized spacial score (nSPS) is 17.6. The first kappa shape index (κ1) is 12.2. The summed E-state index contributed by atoms with van der Waals surface area (Å²) in [6.07, 6.45) is 4.85. The highest BCUT2D eigenvalue weighted by atomic mass is 32.2. The second kappa shape index (κ2) is 5.40. The zero-order valence-corrected chi connectivity index (χ0v) is 10.2. The van der Waals surface area contributed by atoms with Crippen molar-refractivity contribution in [2.24, 2.45) is 10.9 Å². The van der Waals surface area contributed by atoms with E-state index >= 15 is 0 Å². The fourth-order valence-corrected chi connectivity index (χ4v) is 3.41. The fraction of sp³-hybridized carbons (Fsp3) is 0.417. The van der Waals surface area contributed by atoms with Crippen molar-refractivity contribution in [2.75, 3.05) is 0 Å². The first-order chi connectivity index (χ1) is 8.20. The summed E-state index contributed by atoms with van der Waals surface area (Å²) in [6, 6.07) is 4.42. The van der Waals surface area contributed by atoms with Crippen LogP contribution < -0.4 is 5.73 Å². The van der Waals surface area contributed by atoms with E-state index in [0.29, 0.717) is 10.8 Å². The molecule has 1 saturated carbocycles. The van der Waals surface area contributed by atoms with Crippen LogP contribution in [0.1, 0.15) is 31.2 Å². The van der Waals surface area contributed by atoms with Gasteiger partial charge in [-0.3, -0.25) is 0 Å². The molecule has 5 heteroatoms. The molecule has 92 valence electrons. The number of amidine groups is 1. The summed E-state index contributed by atoms with van der Waals surface area (Å²) in [6.45, 7) is 0. The van der Waals surface area contributed by atoms with Gasteiger partial charge in [0, 0.05) is 15.7 Å². The molecule has 3 nitrogen and oxygen atoms in total. The number of nitrogens with two attached hydrogens (primary N) is 1. The lowest BCUT2D eigenvalue weighted by Crippen LogP contribution is -2.15. The minimum Gasteiger partial charge on any atom is -0.409 e. The first-order valence-corrected chi connectivity index (χ1v) is 6.53. The summed E-state index contributed by atoms with van der Waals surface area (Å²) in [5.41, 5.74) is 6.03. The van der Waals surface area contributed by atoms with Crippen molar-refractivity contribution >= 4 is 17.6 Å². The van der Waals surface area contributed by atoms with E-state index in [2.05, 4.69) is 5.16 Å². The predicted molar refractivity (Wildman–Crippen MR) is 67.0 cm³/mol. The van der Waals surface area contributed by atoms with Crippen LogP contribution in [0.25, 0.3) is 0 Å². The van der Waals surface area contributed by atoms with Crippen LogP contribution in [0.15, 0.2) is 28.3 Å². The van der Waals surface area contributed by atoms with Gasteiger partial charge in [0.25, 0.3) is 0 Å². The molecule has 2 rings (SSSR count). The molecule has 17 heavy (non-hydrogen) atoms. The molecular weight excluding hydrogens is 239 g/mol. The molecule has 0 aliphatic heterocycles. The minimum absolute atomic E-state index is 0.0370. The van der Waals surface area contributed by atoms with E-state index in [0.717, 1.165) is 4.90 Å². The molecule has 1 aliphatic carbocycles. The molecule has 1 aliphatic rings. The third kappa shape index (κ3) is 2.91. The second-order valence-corrected chi connectivity index (χ2v) is 5.49. The van der Waals surface area contributed by atoms with Crippen LogP contribution in [0, 0.1) is 5.82 Å². The predicted octanol–water partition coefficient (Wildman–Crippen LogP) is 2.95. The molecule has 0 amide bonds. The highest BCUT2D eigenvalue weighted by molar-refractivity contribution is 8.00. The monoisotopic (exact) mass is 254 g/mol. The van der Waals surface area contributed by atoms with Gasteiger partial charge in [0.05, 0.1) is 0 Å². The van der Waals surface area contributed by atoms with Crippen molar-refractivity contribution in [3.63, 3.8) is 0 Å². The summed E-state index contributed by atoms with van der Waals surface area (Å²) in [4.78, 5) is 0.883. The Morgan fingerprint density at radius 1 is 1.41 bits per heavy atom. The molecule has 0 heterocycles. The molecule has 0 unspecified atom stereocenters. The molecule has 1 aromatic rings. The molecule has 0 saturated heterocycles. The zero-order valence-electron chi connectivity index (χ0n) is 9.40. The van der Waals surface area contributed by atoms with E-state index in [4.69, 9.17) is 10.9 Å². The van der Waals surface area contributed by atoms with Gasteiger partial charge in [0.1, 0.15) is 5.82 Å². The Bertz CT molecular complexity index is 431. The third-order valence-corrected chi connectivity index (χ3v) is 4.34. The van der Waals surface area contributed by atoms with Crippen LogP contribution in [0.4, 0.5) is 4.39 Å². The van der Waals surface area contributed by atoms with Crippen LogP contribution in [0.5, 0.6) is 0 Å². The number of hydrogen-bond acceptors (Lipinski definition) is 3. The summed E-state index contributed by atoms with van der Waals surface area (Å²) in [5.74, 6) is -0.410. The standard InChI is InChI=1S/C12H15FN2OS/c13-8-5-6-11(10(7-8)12(14)15-16)17-9-3-1-2-4-9/h5-7,9,16H,1-4H2,(H2,14,15). The SMILES string of the molecule is NC(=NO)c1cc(F)ccc1SC1CCCC1. The van der Waals surface area contributed by atoms with Crippen molar-refractivity contribution in [1.82, 2.24) is 0 Å². The lowest BCUT2D eigenvalue weighted by Gasteiger charge is -2.12. The summed E-state index contributed by atoms with van der Waals surface area (Å²) in [5, 5.41) is 12.2. The maximum Gasteiger partial charge on any atom is 0.171 e. The first-order valence-electron chi connectivity index (χ1n) is 5.65. The highest BCUT2D eigenvalue weighted by Crippen LogP contribution is 2.36. The van der Waals surface area contributed by atoms with E-state index in [1.54, 1.807) is 17.8 Å².